The Kier molecular flexibility index (Phi) is 8.46. The van der Waals surface area contributed by atoms with Gasteiger partial charge < -0.3 is 5.32 Å². The third-order valence-electron chi connectivity index (χ3n) is 2.81. The molecule has 108 valence electrons. The third kappa shape index (κ3) is 7.16. The lowest BCUT2D eigenvalue weighted by Crippen LogP contribution is -2.07. The maximum absolute atomic E-state index is 4.52. The fourth-order valence-corrected chi connectivity index (χ4v) is 2.62. The van der Waals surface area contributed by atoms with E-state index in [4.69, 9.17) is 0 Å². The van der Waals surface area contributed by atoms with Gasteiger partial charge in [-0.15, -0.1) is 0 Å². The van der Waals surface area contributed by atoms with E-state index in [1.54, 1.807) is 0 Å². The van der Waals surface area contributed by atoms with Gasteiger partial charge >= 0.3 is 0 Å². The molecule has 0 aliphatic heterocycles. The number of hydrogen-bond donors (Lipinski definition) is 1. The minimum Gasteiger partial charge on any atom is -0.370 e. The third-order valence-corrected chi connectivity index (χ3v) is 3.91. The van der Waals surface area contributed by atoms with Gasteiger partial charge in [0.05, 0.1) is 0 Å². The second-order valence-corrected chi connectivity index (χ2v) is 6.72. The van der Waals surface area contributed by atoms with E-state index in [2.05, 4.69) is 51.3 Å². The van der Waals surface area contributed by atoms with Crippen LogP contribution in [0.4, 0.5) is 5.82 Å². The SMILES string of the molecule is CSCCCCCCNc1cc(Br)nc(C(C)C)n1. The Labute approximate surface area is 129 Å². The summed E-state index contributed by atoms with van der Waals surface area (Å²) in [7, 11) is 0. The fraction of sp³-hybridized carbons (Fsp3) is 0.714. The van der Waals surface area contributed by atoms with Crippen LogP contribution >= 0.6 is 27.7 Å². The zero-order chi connectivity index (χ0) is 14.1. The number of unbranched alkanes of at least 4 members (excludes halogenated alkanes) is 3. The van der Waals surface area contributed by atoms with E-state index < -0.39 is 0 Å². The molecule has 0 fully saturated rings. The molecule has 5 heteroatoms. The Morgan fingerprint density at radius 2 is 1.95 bits per heavy atom. The molecule has 0 bridgehead atoms. The molecule has 1 aromatic rings. The molecular formula is C14H24BrN3S. The highest BCUT2D eigenvalue weighted by Gasteiger charge is 2.06. The van der Waals surface area contributed by atoms with Crippen molar-refractivity contribution in [2.75, 3.05) is 23.9 Å². The van der Waals surface area contributed by atoms with Crippen molar-refractivity contribution in [2.45, 2.75) is 45.4 Å². The molecule has 1 heterocycles. The summed E-state index contributed by atoms with van der Waals surface area (Å²) in [5, 5.41) is 3.39. The minimum atomic E-state index is 0.351. The van der Waals surface area contributed by atoms with Crippen molar-refractivity contribution in [3.05, 3.63) is 16.5 Å². The first-order valence-electron chi connectivity index (χ1n) is 6.90. The molecule has 1 N–H and O–H groups in total. The number of hydrogen-bond acceptors (Lipinski definition) is 4. The van der Waals surface area contributed by atoms with Crippen LogP contribution in [0.5, 0.6) is 0 Å². The molecule has 0 aliphatic rings. The molecule has 0 spiro atoms. The zero-order valence-corrected chi connectivity index (χ0v) is 14.5. The van der Waals surface area contributed by atoms with Gasteiger partial charge in [-0.2, -0.15) is 11.8 Å². The molecule has 0 atom stereocenters. The topological polar surface area (TPSA) is 37.8 Å². The van der Waals surface area contributed by atoms with Crippen LogP contribution in [0.3, 0.4) is 0 Å². The average molecular weight is 346 g/mol. The van der Waals surface area contributed by atoms with Crippen LogP contribution in [-0.4, -0.2) is 28.5 Å². The highest BCUT2D eigenvalue weighted by molar-refractivity contribution is 9.10. The molecule has 3 nitrogen and oxygen atoms in total. The van der Waals surface area contributed by atoms with Crippen LogP contribution in [0.2, 0.25) is 0 Å². The van der Waals surface area contributed by atoms with Crippen molar-refractivity contribution in [1.82, 2.24) is 9.97 Å². The van der Waals surface area contributed by atoms with Crippen LogP contribution in [-0.2, 0) is 0 Å². The lowest BCUT2D eigenvalue weighted by molar-refractivity contribution is 0.687. The standard InChI is InChI=1S/C14H24BrN3S/c1-11(2)14-17-12(15)10-13(18-14)16-8-6-4-5-7-9-19-3/h10-11H,4-9H2,1-3H3,(H,16,17,18). The van der Waals surface area contributed by atoms with Crippen molar-refractivity contribution >= 4 is 33.5 Å². The molecule has 0 radical (unpaired) electrons. The van der Waals surface area contributed by atoms with Gasteiger partial charge in [0.15, 0.2) is 0 Å². The van der Waals surface area contributed by atoms with E-state index in [0.717, 1.165) is 22.8 Å². The first-order valence-corrected chi connectivity index (χ1v) is 9.09. The van der Waals surface area contributed by atoms with Gasteiger partial charge in [0.1, 0.15) is 16.2 Å². The second-order valence-electron chi connectivity index (χ2n) is 4.92. The van der Waals surface area contributed by atoms with E-state index in [1.807, 2.05) is 17.8 Å². The molecule has 0 saturated heterocycles. The van der Waals surface area contributed by atoms with E-state index >= 15 is 0 Å². The van der Waals surface area contributed by atoms with Crippen molar-refractivity contribution in [3.8, 4) is 0 Å². The van der Waals surface area contributed by atoms with Crippen LogP contribution < -0.4 is 5.32 Å². The quantitative estimate of drug-likeness (QED) is 0.520. The van der Waals surface area contributed by atoms with Crippen LogP contribution in [0, 0.1) is 0 Å². The Bertz CT molecular complexity index is 372. The largest absolute Gasteiger partial charge is 0.370 e. The summed E-state index contributed by atoms with van der Waals surface area (Å²) in [6.07, 6.45) is 7.32. The lowest BCUT2D eigenvalue weighted by Gasteiger charge is -2.09. The highest BCUT2D eigenvalue weighted by Crippen LogP contribution is 2.17. The smallest absolute Gasteiger partial charge is 0.134 e. The normalized spacial score (nSPS) is 11.0. The molecule has 0 aromatic carbocycles. The van der Waals surface area contributed by atoms with E-state index in [-0.39, 0.29) is 0 Å². The number of halogens is 1. The zero-order valence-electron chi connectivity index (χ0n) is 12.1. The van der Waals surface area contributed by atoms with E-state index in [0.29, 0.717) is 5.92 Å². The van der Waals surface area contributed by atoms with Crippen LogP contribution in [0.25, 0.3) is 0 Å². The molecule has 0 amide bonds. The Morgan fingerprint density at radius 3 is 2.63 bits per heavy atom. The summed E-state index contributed by atoms with van der Waals surface area (Å²) in [4.78, 5) is 8.90. The first-order chi connectivity index (χ1) is 9.13. The van der Waals surface area contributed by atoms with Gasteiger partial charge in [-0.3, -0.25) is 0 Å². The summed E-state index contributed by atoms with van der Waals surface area (Å²) in [6, 6.07) is 1.94. The molecule has 0 aliphatic carbocycles. The average Bonchev–Trinajstić information content (AvgIpc) is 2.37. The lowest BCUT2D eigenvalue weighted by atomic mass is 10.2. The summed E-state index contributed by atoms with van der Waals surface area (Å²) in [6.45, 7) is 5.20. The number of nitrogens with one attached hydrogen (secondary N) is 1. The maximum Gasteiger partial charge on any atom is 0.134 e. The van der Waals surface area contributed by atoms with Crippen molar-refractivity contribution in [2.24, 2.45) is 0 Å². The molecule has 0 unspecified atom stereocenters. The van der Waals surface area contributed by atoms with E-state index in [9.17, 15) is 0 Å². The monoisotopic (exact) mass is 345 g/mol. The molecule has 1 rings (SSSR count). The summed E-state index contributed by atoms with van der Waals surface area (Å²) < 4.78 is 0.855. The van der Waals surface area contributed by atoms with E-state index in [1.165, 1.54) is 31.4 Å². The van der Waals surface area contributed by atoms with Crippen LogP contribution in [0.15, 0.2) is 10.7 Å². The first kappa shape index (κ1) is 16.8. The van der Waals surface area contributed by atoms with Crippen molar-refractivity contribution < 1.29 is 0 Å². The fourth-order valence-electron chi connectivity index (χ4n) is 1.73. The second kappa shape index (κ2) is 9.59. The van der Waals surface area contributed by atoms with Crippen molar-refractivity contribution in [1.29, 1.82) is 0 Å². The van der Waals surface area contributed by atoms with Gasteiger partial charge in [-0.05, 0) is 40.8 Å². The predicted molar refractivity (Wildman–Crippen MR) is 89.2 cm³/mol. The highest BCUT2D eigenvalue weighted by atomic mass is 79.9. The van der Waals surface area contributed by atoms with Crippen LogP contribution in [0.1, 0.15) is 51.3 Å². The number of aromatic nitrogens is 2. The minimum absolute atomic E-state index is 0.351. The maximum atomic E-state index is 4.52. The number of anilines is 1. The number of nitrogens with zero attached hydrogens (tertiary/aromatic N) is 2. The van der Waals surface area contributed by atoms with Gasteiger partial charge in [-0.1, -0.05) is 26.7 Å². The van der Waals surface area contributed by atoms with Gasteiger partial charge in [0, 0.05) is 18.5 Å². The number of thioether (sulfide) groups is 1. The summed E-state index contributed by atoms with van der Waals surface area (Å²) >= 11 is 5.37. The van der Waals surface area contributed by atoms with Crippen molar-refractivity contribution in [3.63, 3.8) is 0 Å². The molecular weight excluding hydrogens is 322 g/mol. The van der Waals surface area contributed by atoms with Gasteiger partial charge in [0.25, 0.3) is 0 Å². The van der Waals surface area contributed by atoms with Gasteiger partial charge in [0.2, 0.25) is 0 Å². The summed E-state index contributed by atoms with van der Waals surface area (Å²) in [5.41, 5.74) is 0. The Balaban J connectivity index is 2.29. The molecule has 0 saturated carbocycles. The molecule has 19 heavy (non-hydrogen) atoms. The predicted octanol–water partition coefficient (Wildman–Crippen LogP) is 4.70. The Morgan fingerprint density at radius 1 is 1.21 bits per heavy atom. The number of rotatable bonds is 9. The molecule has 1 aromatic heterocycles. The van der Waals surface area contributed by atoms with Gasteiger partial charge in [-0.25, -0.2) is 9.97 Å². The summed E-state index contributed by atoms with van der Waals surface area (Å²) in [5.74, 6) is 3.44. The Hall–Kier alpha value is -0.290.